The molecule has 1 saturated carbocycles. The molecule has 0 spiro atoms. The van der Waals surface area contributed by atoms with Crippen LogP contribution < -0.4 is 10.6 Å². The lowest BCUT2D eigenvalue weighted by Gasteiger charge is -2.30. The van der Waals surface area contributed by atoms with Crippen molar-refractivity contribution >= 4 is 29.9 Å². The number of rotatable bonds is 5. The minimum absolute atomic E-state index is 0. The molecule has 0 bridgehead atoms. The molecule has 2 aliphatic rings. The van der Waals surface area contributed by atoms with Crippen molar-refractivity contribution in [1.29, 1.82) is 0 Å². The highest BCUT2D eigenvalue weighted by Gasteiger charge is 2.24. The van der Waals surface area contributed by atoms with Crippen LogP contribution in [0.5, 0.6) is 0 Å². The van der Waals surface area contributed by atoms with E-state index in [1.807, 2.05) is 11.7 Å². The van der Waals surface area contributed by atoms with E-state index in [-0.39, 0.29) is 24.0 Å². The van der Waals surface area contributed by atoms with Crippen LogP contribution in [-0.2, 0) is 24.3 Å². The lowest BCUT2D eigenvalue weighted by Crippen LogP contribution is -2.48. The minimum Gasteiger partial charge on any atom is -0.377 e. The Kier molecular flexibility index (Phi) is 8.59. The predicted molar refractivity (Wildman–Crippen MR) is 114 cm³/mol. The fourth-order valence-corrected chi connectivity index (χ4v) is 3.98. The van der Waals surface area contributed by atoms with Crippen LogP contribution in [0.15, 0.2) is 4.99 Å². The summed E-state index contributed by atoms with van der Waals surface area (Å²) >= 11 is 0. The summed E-state index contributed by atoms with van der Waals surface area (Å²) in [5, 5.41) is 11.6. The van der Waals surface area contributed by atoms with Crippen molar-refractivity contribution in [2.75, 3.05) is 20.7 Å². The third kappa shape index (κ3) is 5.55. The van der Waals surface area contributed by atoms with Gasteiger partial charge in [0.15, 0.2) is 11.8 Å². The Hall–Kier alpha value is -0.900. The fraction of sp³-hybridized carbons (Fsp3) is 0.833. The number of nitrogens with zero attached hydrogens (tertiary/aromatic N) is 4. The third-order valence-corrected chi connectivity index (χ3v) is 5.56. The standard InChI is InChI=1S/C18H32N6O.HI/c1-13-6-4-5-7-14(13)10-20-18(19-2)21-15-8-9-17-22-16(12-25-3)23-24(17)11-15;/h13-15H,4-12H2,1-3H3,(H2,19,20,21);1H. The number of aromatic nitrogens is 3. The summed E-state index contributed by atoms with van der Waals surface area (Å²) in [6, 6.07) is 0.333. The molecule has 1 aromatic heterocycles. The number of ether oxygens (including phenoxy) is 1. The van der Waals surface area contributed by atoms with E-state index in [1.165, 1.54) is 25.7 Å². The van der Waals surface area contributed by atoms with Crippen LogP contribution in [0.4, 0.5) is 0 Å². The van der Waals surface area contributed by atoms with Crippen LogP contribution in [-0.4, -0.2) is 47.5 Å². The monoisotopic (exact) mass is 476 g/mol. The van der Waals surface area contributed by atoms with Gasteiger partial charge in [0.25, 0.3) is 0 Å². The van der Waals surface area contributed by atoms with E-state index in [4.69, 9.17) is 4.74 Å². The van der Waals surface area contributed by atoms with Crippen LogP contribution in [0.25, 0.3) is 0 Å². The van der Waals surface area contributed by atoms with E-state index in [1.54, 1.807) is 7.11 Å². The van der Waals surface area contributed by atoms with Gasteiger partial charge in [-0.3, -0.25) is 4.99 Å². The van der Waals surface area contributed by atoms with Crippen molar-refractivity contribution in [3.05, 3.63) is 11.6 Å². The normalized spacial score (nSPS) is 26.0. The van der Waals surface area contributed by atoms with Crippen LogP contribution in [0.2, 0.25) is 0 Å². The average molecular weight is 476 g/mol. The summed E-state index contributed by atoms with van der Waals surface area (Å²) in [6.45, 7) is 4.69. The number of aliphatic imine (C=N–C) groups is 1. The topological polar surface area (TPSA) is 76.4 Å². The molecular weight excluding hydrogens is 443 g/mol. The van der Waals surface area contributed by atoms with Crippen LogP contribution in [0.3, 0.4) is 0 Å². The first kappa shape index (κ1) is 21.4. The Balaban J connectivity index is 0.00000243. The van der Waals surface area contributed by atoms with Gasteiger partial charge in [-0.2, -0.15) is 5.10 Å². The minimum atomic E-state index is 0. The van der Waals surface area contributed by atoms with Gasteiger partial charge in [-0.05, 0) is 24.7 Å². The van der Waals surface area contributed by atoms with Crippen molar-refractivity contribution in [3.8, 4) is 0 Å². The molecule has 3 unspecified atom stereocenters. The van der Waals surface area contributed by atoms with E-state index < -0.39 is 0 Å². The zero-order chi connectivity index (χ0) is 17.6. The lowest BCUT2D eigenvalue weighted by molar-refractivity contribution is 0.177. The predicted octanol–water partition coefficient (Wildman–Crippen LogP) is 2.35. The van der Waals surface area contributed by atoms with Gasteiger partial charge in [0, 0.05) is 33.2 Å². The third-order valence-electron chi connectivity index (χ3n) is 5.56. The highest BCUT2D eigenvalue weighted by atomic mass is 127. The molecule has 2 N–H and O–H groups in total. The number of hydrogen-bond acceptors (Lipinski definition) is 4. The summed E-state index contributed by atoms with van der Waals surface area (Å²) in [6.07, 6.45) is 7.43. The second-order valence-electron chi connectivity index (χ2n) is 7.41. The Morgan fingerprint density at radius 2 is 2.12 bits per heavy atom. The molecule has 3 atom stereocenters. The van der Waals surface area contributed by atoms with E-state index in [2.05, 4.69) is 32.6 Å². The summed E-state index contributed by atoms with van der Waals surface area (Å²) < 4.78 is 7.14. The van der Waals surface area contributed by atoms with Crippen molar-refractivity contribution in [3.63, 3.8) is 0 Å². The maximum atomic E-state index is 5.13. The van der Waals surface area contributed by atoms with Gasteiger partial charge in [-0.25, -0.2) is 9.67 Å². The molecule has 1 fully saturated rings. The van der Waals surface area contributed by atoms with Gasteiger partial charge in [0.1, 0.15) is 12.4 Å². The first-order valence-electron chi connectivity index (χ1n) is 9.58. The second kappa shape index (κ2) is 10.4. The maximum Gasteiger partial charge on any atom is 0.191 e. The average Bonchev–Trinajstić information content (AvgIpc) is 3.01. The molecule has 1 aromatic rings. The molecule has 1 aliphatic carbocycles. The molecule has 0 saturated heterocycles. The zero-order valence-corrected chi connectivity index (χ0v) is 18.5. The number of hydrogen-bond donors (Lipinski definition) is 2. The number of guanidine groups is 1. The number of methoxy groups -OCH3 is 1. The molecule has 0 amide bonds. The van der Waals surface area contributed by atoms with Gasteiger partial charge in [0.2, 0.25) is 0 Å². The SMILES string of the molecule is CN=C(NCC1CCCCC1C)NC1CCc2nc(COC)nn2C1.I. The summed E-state index contributed by atoms with van der Waals surface area (Å²) in [5.74, 6) is 4.31. The molecule has 3 rings (SSSR count). The van der Waals surface area contributed by atoms with Crippen LogP contribution in [0, 0.1) is 11.8 Å². The lowest BCUT2D eigenvalue weighted by atomic mass is 9.80. The van der Waals surface area contributed by atoms with Crippen molar-refractivity contribution in [2.24, 2.45) is 16.8 Å². The number of nitrogens with one attached hydrogen (secondary N) is 2. The first-order valence-corrected chi connectivity index (χ1v) is 9.58. The van der Waals surface area contributed by atoms with Crippen molar-refractivity contribution < 1.29 is 4.74 Å². The summed E-state index contributed by atoms with van der Waals surface area (Å²) in [5.41, 5.74) is 0. The van der Waals surface area contributed by atoms with Crippen molar-refractivity contribution in [1.82, 2.24) is 25.4 Å². The smallest absolute Gasteiger partial charge is 0.191 e. The molecule has 26 heavy (non-hydrogen) atoms. The molecule has 8 heteroatoms. The zero-order valence-electron chi connectivity index (χ0n) is 16.2. The molecule has 7 nitrogen and oxygen atoms in total. The second-order valence-corrected chi connectivity index (χ2v) is 7.41. The number of fused-ring (bicyclic) bond motifs is 1. The maximum absolute atomic E-state index is 5.13. The fourth-order valence-electron chi connectivity index (χ4n) is 3.98. The Morgan fingerprint density at radius 3 is 2.85 bits per heavy atom. The van der Waals surface area contributed by atoms with E-state index in [9.17, 15) is 0 Å². The highest BCUT2D eigenvalue weighted by Crippen LogP contribution is 2.28. The van der Waals surface area contributed by atoms with Gasteiger partial charge in [-0.15, -0.1) is 24.0 Å². The quantitative estimate of drug-likeness (QED) is 0.388. The number of halogens is 1. The number of aryl methyl sites for hydroxylation is 1. The summed E-state index contributed by atoms with van der Waals surface area (Å²) in [7, 11) is 3.52. The summed E-state index contributed by atoms with van der Waals surface area (Å²) in [4.78, 5) is 8.94. The van der Waals surface area contributed by atoms with Crippen molar-refractivity contribution in [2.45, 2.75) is 64.6 Å². The highest BCUT2D eigenvalue weighted by molar-refractivity contribution is 14.0. The van der Waals surface area contributed by atoms with E-state index in [0.29, 0.717) is 12.6 Å². The molecule has 0 aromatic carbocycles. The van der Waals surface area contributed by atoms with E-state index >= 15 is 0 Å². The first-order chi connectivity index (χ1) is 12.2. The Morgan fingerprint density at radius 1 is 1.31 bits per heavy atom. The van der Waals surface area contributed by atoms with Gasteiger partial charge in [0.05, 0.1) is 6.54 Å². The molecule has 1 aliphatic heterocycles. The molecule has 148 valence electrons. The van der Waals surface area contributed by atoms with Gasteiger partial charge < -0.3 is 15.4 Å². The van der Waals surface area contributed by atoms with Crippen LogP contribution >= 0.6 is 24.0 Å². The Bertz CT molecular complexity index is 590. The van der Waals surface area contributed by atoms with Crippen LogP contribution in [0.1, 0.15) is 50.7 Å². The molecule has 0 radical (unpaired) electrons. The largest absolute Gasteiger partial charge is 0.377 e. The molecular formula is C18H33IN6O. The van der Waals surface area contributed by atoms with Gasteiger partial charge in [-0.1, -0.05) is 26.2 Å². The van der Waals surface area contributed by atoms with Gasteiger partial charge >= 0.3 is 0 Å². The van der Waals surface area contributed by atoms with E-state index in [0.717, 1.165) is 55.4 Å². The molecule has 2 heterocycles. The Labute approximate surface area is 173 Å².